The summed E-state index contributed by atoms with van der Waals surface area (Å²) in [6.45, 7) is 1.41. The first-order chi connectivity index (χ1) is 14.6. The monoisotopic (exact) mass is 407 g/mol. The van der Waals surface area contributed by atoms with Crippen molar-refractivity contribution in [2.45, 2.75) is 43.6 Å². The van der Waals surface area contributed by atoms with Crippen LogP contribution in [-0.2, 0) is 9.53 Å². The van der Waals surface area contributed by atoms with E-state index >= 15 is 0 Å². The summed E-state index contributed by atoms with van der Waals surface area (Å²) < 4.78 is 22.0. The van der Waals surface area contributed by atoms with Gasteiger partial charge in [-0.15, -0.1) is 0 Å². The largest absolute Gasteiger partial charge is 0.356 e. The molecule has 0 radical (unpaired) electrons. The number of hydrogen-bond acceptors (Lipinski definition) is 5. The van der Waals surface area contributed by atoms with E-state index in [1.807, 2.05) is 27.6 Å². The molecule has 6 rings (SSSR count). The Morgan fingerprint density at radius 1 is 1.10 bits per heavy atom. The molecule has 1 aromatic carbocycles. The van der Waals surface area contributed by atoms with Crippen molar-refractivity contribution < 1.29 is 13.9 Å². The number of carbonyl (C=O) groups excluding carboxylic acids is 1. The Balaban J connectivity index is 1.23. The maximum Gasteiger partial charge on any atom is 0.257 e. The lowest BCUT2D eigenvalue weighted by molar-refractivity contribution is -0.140. The van der Waals surface area contributed by atoms with Gasteiger partial charge in [-0.25, -0.2) is 9.37 Å². The highest BCUT2D eigenvalue weighted by atomic mass is 19.1. The fourth-order valence-electron chi connectivity index (χ4n) is 5.24. The molecular formula is C22H22FN5O2. The number of rotatable bonds is 2. The third-order valence-electron chi connectivity index (χ3n) is 6.72. The lowest BCUT2D eigenvalue weighted by atomic mass is 9.89. The van der Waals surface area contributed by atoms with E-state index in [9.17, 15) is 9.18 Å². The third kappa shape index (κ3) is 2.56. The first-order valence-corrected chi connectivity index (χ1v) is 10.4. The number of carbonyl (C=O) groups is 1. The summed E-state index contributed by atoms with van der Waals surface area (Å²) >= 11 is 0. The number of aromatic nitrogens is 3. The van der Waals surface area contributed by atoms with Crippen molar-refractivity contribution in [3.63, 3.8) is 0 Å². The fourth-order valence-corrected chi connectivity index (χ4v) is 5.24. The summed E-state index contributed by atoms with van der Waals surface area (Å²) in [7, 11) is 0. The molecule has 0 aliphatic carbocycles. The molecule has 30 heavy (non-hydrogen) atoms. The Morgan fingerprint density at radius 2 is 1.97 bits per heavy atom. The van der Waals surface area contributed by atoms with Gasteiger partial charge in [0.1, 0.15) is 17.9 Å². The summed E-state index contributed by atoms with van der Waals surface area (Å²) in [5.74, 6) is 0.759. The van der Waals surface area contributed by atoms with Gasteiger partial charge in [-0.2, -0.15) is 9.61 Å². The predicted octanol–water partition coefficient (Wildman–Crippen LogP) is 2.93. The third-order valence-corrected chi connectivity index (χ3v) is 6.72. The number of benzene rings is 1. The zero-order valence-corrected chi connectivity index (χ0v) is 16.4. The van der Waals surface area contributed by atoms with E-state index < -0.39 is 5.60 Å². The van der Waals surface area contributed by atoms with Crippen LogP contribution in [0.3, 0.4) is 0 Å². The highest BCUT2D eigenvalue weighted by Gasteiger charge is 2.58. The maximum atomic E-state index is 13.7. The Bertz CT molecular complexity index is 1120. The molecule has 2 atom stereocenters. The van der Waals surface area contributed by atoms with Gasteiger partial charge in [0.25, 0.3) is 5.91 Å². The van der Waals surface area contributed by atoms with Crippen LogP contribution >= 0.6 is 0 Å². The second-order valence-corrected chi connectivity index (χ2v) is 8.32. The molecule has 8 heteroatoms. The van der Waals surface area contributed by atoms with Crippen molar-refractivity contribution in [2.24, 2.45) is 0 Å². The standard InChI is InChI=1S/C22H22FN5O2/c23-16-3-1-2-15(14-16)17-4-5-20-27(17)21(29)22(30-20)8-12-26(13-9-22)19-7-10-24-18-6-11-25-28(18)19/h1-3,6-7,10-11,14,17,20H,4-5,8-9,12-13H2. The topological polar surface area (TPSA) is 63.0 Å². The number of ether oxygens (including phenoxy) is 1. The quantitative estimate of drug-likeness (QED) is 0.654. The van der Waals surface area contributed by atoms with E-state index in [2.05, 4.69) is 15.0 Å². The Labute approximate surface area is 173 Å². The number of halogens is 1. The molecule has 0 bridgehead atoms. The average molecular weight is 407 g/mol. The van der Waals surface area contributed by atoms with Crippen LogP contribution in [0.25, 0.3) is 5.65 Å². The molecule has 0 N–H and O–H groups in total. The minimum atomic E-state index is -0.774. The highest BCUT2D eigenvalue weighted by molar-refractivity contribution is 5.88. The smallest absolute Gasteiger partial charge is 0.257 e. The van der Waals surface area contributed by atoms with Gasteiger partial charge in [0, 0.05) is 38.2 Å². The number of amides is 1. The van der Waals surface area contributed by atoms with Gasteiger partial charge in [0.15, 0.2) is 11.2 Å². The normalized spacial score (nSPS) is 25.4. The van der Waals surface area contributed by atoms with Crippen molar-refractivity contribution in [1.82, 2.24) is 19.5 Å². The van der Waals surface area contributed by atoms with Crippen molar-refractivity contribution in [2.75, 3.05) is 18.0 Å². The van der Waals surface area contributed by atoms with E-state index in [0.29, 0.717) is 25.9 Å². The molecule has 1 amide bonds. The van der Waals surface area contributed by atoms with Crippen LogP contribution in [-0.4, -0.2) is 50.3 Å². The lowest BCUT2D eigenvalue weighted by Gasteiger charge is -2.38. The molecule has 5 heterocycles. The Kier molecular flexibility index (Phi) is 3.86. The summed E-state index contributed by atoms with van der Waals surface area (Å²) in [4.78, 5) is 21.9. The zero-order valence-electron chi connectivity index (χ0n) is 16.4. The molecule has 154 valence electrons. The van der Waals surface area contributed by atoms with Crippen molar-refractivity contribution in [3.8, 4) is 0 Å². The average Bonchev–Trinajstić information content (AvgIpc) is 3.45. The molecule has 7 nitrogen and oxygen atoms in total. The van der Waals surface area contributed by atoms with E-state index in [1.54, 1.807) is 18.5 Å². The summed E-state index contributed by atoms with van der Waals surface area (Å²) in [5.41, 5.74) is 0.880. The summed E-state index contributed by atoms with van der Waals surface area (Å²) in [6, 6.07) is 10.3. The lowest BCUT2D eigenvalue weighted by Crippen LogP contribution is -2.50. The fraction of sp³-hybridized carbons (Fsp3) is 0.409. The molecule has 1 spiro atoms. The maximum absolute atomic E-state index is 13.7. The molecule has 3 aromatic rings. The summed E-state index contributed by atoms with van der Waals surface area (Å²) in [5, 5.41) is 4.37. The van der Waals surface area contributed by atoms with Gasteiger partial charge in [-0.05, 0) is 36.6 Å². The Morgan fingerprint density at radius 3 is 2.80 bits per heavy atom. The van der Waals surface area contributed by atoms with Crippen LogP contribution < -0.4 is 4.90 Å². The second-order valence-electron chi connectivity index (χ2n) is 8.32. The van der Waals surface area contributed by atoms with Gasteiger partial charge < -0.3 is 14.5 Å². The van der Waals surface area contributed by atoms with E-state index in [4.69, 9.17) is 4.74 Å². The number of piperidine rings is 1. The van der Waals surface area contributed by atoms with E-state index in [1.165, 1.54) is 12.1 Å². The van der Waals surface area contributed by atoms with Gasteiger partial charge in [0.05, 0.1) is 12.2 Å². The first-order valence-electron chi connectivity index (χ1n) is 10.4. The van der Waals surface area contributed by atoms with Crippen molar-refractivity contribution in [3.05, 3.63) is 60.2 Å². The highest BCUT2D eigenvalue weighted by Crippen LogP contribution is 2.47. The van der Waals surface area contributed by atoms with Crippen LogP contribution in [0, 0.1) is 5.82 Å². The van der Waals surface area contributed by atoms with Crippen LogP contribution in [0.4, 0.5) is 10.2 Å². The van der Waals surface area contributed by atoms with Crippen LogP contribution in [0.2, 0.25) is 0 Å². The van der Waals surface area contributed by atoms with Crippen molar-refractivity contribution in [1.29, 1.82) is 0 Å². The minimum Gasteiger partial charge on any atom is -0.356 e. The molecule has 3 aliphatic heterocycles. The molecule has 3 saturated heterocycles. The molecule has 3 fully saturated rings. The number of fused-ring (bicyclic) bond motifs is 2. The van der Waals surface area contributed by atoms with Crippen LogP contribution in [0.1, 0.15) is 37.3 Å². The molecule has 2 aromatic heterocycles. The Hall–Kier alpha value is -3.00. The minimum absolute atomic E-state index is 0.0536. The summed E-state index contributed by atoms with van der Waals surface area (Å²) in [6.07, 6.45) is 6.15. The molecular weight excluding hydrogens is 385 g/mol. The predicted molar refractivity (Wildman–Crippen MR) is 107 cm³/mol. The van der Waals surface area contributed by atoms with Gasteiger partial charge >= 0.3 is 0 Å². The number of nitrogens with zero attached hydrogens (tertiary/aromatic N) is 5. The number of hydrogen-bond donors (Lipinski definition) is 0. The van der Waals surface area contributed by atoms with Gasteiger partial charge in [-0.1, -0.05) is 12.1 Å². The first kappa shape index (κ1) is 17.8. The molecule has 3 aliphatic rings. The van der Waals surface area contributed by atoms with Crippen molar-refractivity contribution >= 4 is 17.4 Å². The van der Waals surface area contributed by atoms with E-state index in [-0.39, 0.29) is 24.0 Å². The van der Waals surface area contributed by atoms with Gasteiger partial charge in [0.2, 0.25) is 0 Å². The second kappa shape index (κ2) is 6.50. The van der Waals surface area contributed by atoms with E-state index in [0.717, 1.165) is 29.9 Å². The zero-order chi connectivity index (χ0) is 20.3. The molecule has 0 saturated carbocycles. The van der Waals surface area contributed by atoms with Crippen LogP contribution in [0.15, 0.2) is 48.8 Å². The molecule has 2 unspecified atom stereocenters. The van der Waals surface area contributed by atoms with Gasteiger partial charge in [-0.3, -0.25) is 4.79 Å². The number of anilines is 1. The SMILES string of the molecule is O=C1N2C(CCC2c2cccc(F)c2)OC12CCN(c1ccnc3ccnn13)CC2. The van der Waals surface area contributed by atoms with Crippen LogP contribution in [0.5, 0.6) is 0 Å².